The predicted molar refractivity (Wildman–Crippen MR) is 122 cm³/mol. The number of nitrogens with one attached hydrogen (secondary N) is 1. The lowest BCUT2D eigenvalue weighted by atomic mass is 10.1. The molecule has 2 heterocycles. The van der Waals surface area contributed by atoms with Crippen molar-refractivity contribution in [1.29, 1.82) is 0 Å². The van der Waals surface area contributed by atoms with E-state index in [-0.39, 0.29) is 18.0 Å². The molecule has 1 N–H and O–H groups in total. The minimum absolute atomic E-state index is 0.0285. The highest BCUT2D eigenvalue weighted by Crippen LogP contribution is 2.31. The van der Waals surface area contributed by atoms with Gasteiger partial charge in [0.2, 0.25) is 5.91 Å². The molecule has 0 saturated carbocycles. The maximum absolute atomic E-state index is 12.4. The van der Waals surface area contributed by atoms with Crippen LogP contribution < -0.4 is 15.0 Å². The number of aromatic nitrogens is 3. The molecule has 2 aromatic rings. The number of amides is 1. The summed E-state index contributed by atoms with van der Waals surface area (Å²) in [5, 5.41) is 3.01. The third kappa shape index (κ3) is 5.84. The fourth-order valence-corrected chi connectivity index (χ4v) is 3.71. The zero-order chi connectivity index (χ0) is 21.7. The van der Waals surface area contributed by atoms with E-state index in [2.05, 4.69) is 16.6 Å². The Bertz CT molecular complexity index is 898. The van der Waals surface area contributed by atoms with Crippen LogP contribution in [0.3, 0.4) is 0 Å². The molecule has 3 rings (SSSR count). The first-order valence-corrected chi connectivity index (χ1v) is 11.7. The first-order chi connectivity index (χ1) is 14.3. The van der Waals surface area contributed by atoms with Gasteiger partial charge >= 0.3 is 0 Å². The minimum atomic E-state index is -0.267. The van der Waals surface area contributed by atoms with Crippen LogP contribution in [0, 0.1) is 0 Å². The highest BCUT2D eigenvalue weighted by molar-refractivity contribution is 7.98. The number of anilines is 1. The molecule has 162 valence electrons. The van der Waals surface area contributed by atoms with E-state index in [9.17, 15) is 4.79 Å². The number of fused-ring (bicyclic) bond motifs is 1. The molecule has 0 fully saturated rings. The standard InChI is InChI=1S/C22H31N5O2S/c1-22(2,3)26-19(28)14-27(4)21-16-7-6-8-17(16)24-20(25-21)18-13-15(9-10-23-18)29-11-12-30-5/h9-10,13H,6-8,11-12,14H2,1-5H3,(H,26,28). The molecule has 1 aliphatic rings. The van der Waals surface area contributed by atoms with Crippen LogP contribution in [-0.2, 0) is 17.6 Å². The summed E-state index contributed by atoms with van der Waals surface area (Å²) in [7, 11) is 1.91. The maximum atomic E-state index is 12.4. The Hall–Kier alpha value is -2.35. The number of rotatable bonds is 8. The Kier molecular flexibility index (Phi) is 7.18. The highest BCUT2D eigenvalue weighted by Gasteiger charge is 2.24. The molecule has 0 spiro atoms. The molecule has 8 heteroatoms. The Morgan fingerprint density at radius 2 is 2.10 bits per heavy atom. The number of likely N-dealkylation sites (N-methyl/N-ethyl adjacent to an activating group) is 1. The van der Waals surface area contributed by atoms with Crippen molar-refractivity contribution >= 4 is 23.5 Å². The second-order valence-electron chi connectivity index (χ2n) is 8.52. The molecule has 30 heavy (non-hydrogen) atoms. The van der Waals surface area contributed by atoms with Crippen molar-refractivity contribution in [3.8, 4) is 17.3 Å². The second kappa shape index (κ2) is 9.64. The lowest BCUT2D eigenvalue weighted by Gasteiger charge is -2.25. The van der Waals surface area contributed by atoms with Gasteiger partial charge in [-0.1, -0.05) is 0 Å². The number of hydrogen-bond acceptors (Lipinski definition) is 7. The molecule has 2 aromatic heterocycles. The van der Waals surface area contributed by atoms with Crippen LogP contribution >= 0.6 is 11.8 Å². The number of thioether (sulfide) groups is 1. The summed E-state index contributed by atoms with van der Waals surface area (Å²) >= 11 is 1.74. The van der Waals surface area contributed by atoms with Crippen LogP contribution in [0.1, 0.15) is 38.4 Å². The molecule has 1 aliphatic carbocycles. The first-order valence-electron chi connectivity index (χ1n) is 10.3. The van der Waals surface area contributed by atoms with E-state index in [0.29, 0.717) is 18.1 Å². The van der Waals surface area contributed by atoms with Crippen LogP contribution in [0.5, 0.6) is 5.75 Å². The van der Waals surface area contributed by atoms with Crippen molar-refractivity contribution < 1.29 is 9.53 Å². The molecule has 0 unspecified atom stereocenters. The van der Waals surface area contributed by atoms with Crippen LogP contribution in [-0.4, -0.2) is 58.6 Å². The van der Waals surface area contributed by atoms with Crippen LogP contribution in [0.2, 0.25) is 0 Å². The highest BCUT2D eigenvalue weighted by atomic mass is 32.2. The van der Waals surface area contributed by atoms with Gasteiger partial charge in [-0.2, -0.15) is 11.8 Å². The van der Waals surface area contributed by atoms with E-state index in [4.69, 9.17) is 14.7 Å². The zero-order valence-electron chi connectivity index (χ0n) is 18.5. The Morgan fingerprint density at radius 3 is 2.83 bits per heavy atom. The fourth-order valence-electron chi connectivity index (χ4n) is 3.46. The third-order valence-electron chi connectivity index (χ3n) is 4.68. The first kappa shape index (κ1) is 22.3. The summed E-state index contributed by atoms with van der Waals surface area (Å²) in [6.45, 7) is 6.82. The van der Waals surface area contributed by atoms with Gasteiger partial charge in [-0.15, -0.1) is 0 Å². The van der Waals surface area contributed by atoms with E-state index in [0.717, 1.165) is 47.8 Å². The summed E-state index contributed by atoms with van der Waals surface area (Å²) in [5.41, 5.74) is 2.60. The molecule has 0 aliphatic heterocycles. The molecule has 0 saturated heterocycles. The normalized spacial score (nSPS) is 13.1. The van der Waals surface area contributed by atoms with E-state index in [1.807, 2.05) is 44.9 Å². The van der Waals surface area contributed by atoms with E-state index in [1.165, 1.54) is 0 Å². The maximum Gasteiger partial charge on any atom is 0.239 e. The second-order valence-corrected chi connectivity index (χ2v) is 9.51. The van der Waals surface area contributed by atoms with Crippen molar-refractivity contribution in [3.63, 3.8) is 0 Å². The van der Waals surface area contributed by atoms with Crippen molar-refractivity contribution in [3.05, 3.63) is 29.6 Å². The number of ether oxygens (including phenoxy) is 1. The largest absolute Gasteiger partial charge is 0.493 e. The zero-order valence-corrected chi connectivity index (χ0v) is 19.3. The number of nitrogens with zero attached hydrogens (tertiary/aromatic N) is 4. The van der Waals surface area contributed by atoms with Crippen LogP contribution in [0.25, 0.3) is 11.5 Å². The number of aryl methyl sites for hydroxylation is 1. The third-order valence-corrected chi connectivity index (χ3v) is 5.26. The molecular formula is C22H31N5O2S. The lowest BCUT2D eigenvalue weighted by molar-refractivity contribution is -0.121. The fraction of sp³-hybridized carbons (Fsp3) is 0.545. The SMILES string of the molecule is CSCCOc1ccnc(-c2nc3c(c(N(C)CC(=O)NC(C)(C)C)n2)CCC3)c1. The van der Waals surface area contributed by atoms with Gasteiger partial charge in [0.25, 0.3) is 0 Å². The molecule has 7 nitrogen and oxygen atoms in total. The Labute approximate surface area is 183 Å². The number of carbonyl (C=O) groups excluding carboxylic acids is 1. The molecule has 0 atom stereocenters. The quantitative estimate of drug-likeness (QED) is 0.646. The molecule has 1 amide bonds. The lowest BCUT2D eigenvalue weighted by Crippen LogP contribution is -2.45. The van der Waals surface area contributed by atoms with Gasteiger partial charge in [0.15, 0.2) is 5.82 Å². The van der Waals surface area contributed by atoms with Gasteiger partial charge in [-0.3, -0.25) is 9.78 Å². The monoisotopic (exact) mass is 429 g/mol. The summed E-state index contributed by atoms with van der Waals surface area (Å²) in [5.74, 6) is 3.05. The van der Waals surface area contributed by atoms with Gasteiger partial charge in [0.1, 0.15) is 17.3 Å². The Morgan fingerprint density at radius 1 is 1.30 bits per heavy atom. The summed E-state index contributed by atoms with van der Waals surface area (Å²) in [6.07, 6.45) is 6.68. The van der Waals surface area contributed by atoms with Crippen LogP contribution in [0.15, 0.2) is 18.3 Å². The number of hydrogen-bond donors (Lipinski definition) is 1. The van der Waals surface area contributed by atoms with Gasteiger partial charge in [-0.25, -0.2) is 9.97 Å². The van der Waals surface area contributed by atoms with Crippen molar-refractivity contribution in [2.75, 3.05) is 37.1 Å². The van der Waals surface area contributed by atoms with E-state index in [1.54, 1.807) is 18.0 Å². The number of pyridine rings is 1. The number of carbonyl (C=O) groups is 1. The molecule has 0 aromatic carbocycles. The van der Waals surface area contributed by atoms with Crippen molar-refractivity contribution in [2.24, 2.45) is 0 Å². The average Bonchev–Trinajstić information content (AvgIpc) is 3.14. The Balaban J connectivity index is 1.86. The van der Waals surface area contributed by atoms with Crippen molar-refractivity contribution in [1.82, 2.24) is 20.3 Å². The molecule has 0 radical (unpaired) electrons. The molecular weight excluding hydrogens is 398 g/mol. The van der Waals surface area contributed by atoms with Gasteiger partial charge in [0.05, 0.1) is 13.2 Å². The minimum Gasteiger partial charge on any atom is -0.493 e. The van der Waals surface area contributed by atoms with Gasteiger partial charge in [0, 0.05) is 41.9 Å². The molecule has 0 bridgehead atoms. The topological polar surface area (TPSA) is 80.2 Å². The van der Waals surface area contributed by atoms with Crippen LogP contribution in [0.4, 0.5) is 5.82 Å². The predicted octanol–water partition coefficient (Wildman–Crippen LogP) is 3.12. The van der Waals surface area contributed by atoms with Crippen molar-refractivity contribution in [2.45, 2.75) is 45.6 Å². The average molecular weight is 430 g/mol. The van der Waals surface area contributed by atoms with Gasteiger partial charge < -0.3 is 15.0 Å². The van der Waals surface area contributed by atoms with E-state index < -0.39 is 0 Å². The van der Waals surface area contributed by atoms with Gasteiger partial charge in [-0.05, 0) is 52.4 Å². The summed E-state index contributed by atoms with van der Waals surface area (Å²) in [4.78, 5) is 28.4. The smallest absolute Gasteiger partial charge is 0.239 e. The summed E-state index contributed by atoms with van der Waals surface area (Å²) < 4.78 is 5.80. The van der Waals surface area contributed by atoms with E-state index >= 15 is 0 Å². The summed E-state index contributed by atoms with van der Waals surface area (Å²) in [6, 6.07) is 3.73.